The Kier molecular flexibility index (Phi) is 3.01. The standard InChI is InChI=1S/C15H18O3/c1-9-11-5-6-15(3,4)18-14(11)13(8-17)10(2)12(9)7-16/h7-8H,5-6H2,1-4H3. The van der Waals surface area contributed by atoms with Crippen LogP contribution in [0, 0.1) is 13.8 Å². The summed E-state index contributed by atoms with van der Waals surface area (Å²) in [5.74, 6) is 0.668. The minimum absolute atomic E-state index is 0.258. The van der Waals surface area contributed by atoms with Crippen molar-refractivity contribution in [3.63, 3.8) is 0 Å². The highest BCUT2D eigenvalue weighted by atomic mass is 16.5. The van der Waals surface area contributed by atoms with Gasteiger partial charge in [0.1, 0.15) is 11.4 Å². The zero-order chi connectivity index (χ0) is 13.5. The van der Waals surface area contributed by atoms with Gasteiger partial charge in [-0.2, -0.15) is 0 Å². The Balaban J connectivity index is 2.75. The minimum Gasteiger partial charge on any atom is -0.487 e. The first-order valence-corrected chi connectivity index (χ1v) is 6.16. The number of rotatable bonds is 2. The van der Waals surface area contributed by atoms with E-state index in [1.807, 2.05) is 20.8 Å². The maximum atomic E-state index is 11.3. The Morgan fingerprint density at radius 1 is 1.06 bits per heavy atom. The molecule has 0 spiro atoms. The maximum absolute atomic E-state index is 11.3. The Hall–Kier alpha value is -1.64. The van der Waals surface area contributed by atoms with E-state index in [2.05, 4.69) is 0 Å². The van der Waals surface area contributed by atoms with E-state index in [9.17, 15) is 9.59 Å². The molecule has 3 nitrogen and oxygen atoms in total. The molecule has 0 aromatic heterocycles. The zero-order valence-corrected chi connectivity index (χ0v) is 11.3. The summed E-state index contributed by atoms with van der Waals surface area (Å²) in [6.45, 7) is 7.75. The Morgan fingerprint density at radius 2 is 1.67 bits per heavy atom. The quantitative estimate of drug-likeness (QED) is 0.753. The Morgan fingerprint density at radius 3 is 2.22 bits per heavy atom. The van der Waals surface area contributed by atoms with Crippen molar-refractivity contribution in [2.24, 2.45) is 0 Å². The number of benzene rings is 1. The Bertz CT molecular complexity index is 527. The van der Waals surface area contributed by atoms with Gasteiger partial charge in [0.05, 0.1) is 5.56 Å². The Labute approximate surface area is 107 Å². The van der Waals surface area contributed by atoms with Gasteiger partial charge in [0.25, 0.3) is 0 Å². The molecular formula is C15H18O3. The van der Waals surface area contributed by atoms with E-state index in [-0.39, 0.29) is 5.60 Å². The van der Waals surface area contributed by atoms with Gasteiger partial charge in [-0.05, 0) is 57.2 Å². The molecule has 96 valence electrons. The van der Waals surface area contributed by atoms with E-state index in [1.165, 1.54) is 0 Å². The number of ether oxygens (including phenoxy) is 1. The molecule has 1 aromatic carbocycles. The van der Waals surface area contributed by atoms with Gasteiger partial charge in [0, 0.05) is 5.56 Å². The van der Waals surface area contributed by atoms with E-state index in [0.29, 0.717) is 22.4 Å². The molecule has 3 heteroatoms. The molecule has 1 heterocycles. The smallest absolute Gasteiger partial charge is 0.154 e. The highest BCUT2D eigenvalue weighted by molar-refractivity contribution is 5.91. The van der Waals surface area contributed by atoms with Crippen LogP contribution in [0.5, 0.6) is 5.75 Å². The normalized spacial score (nSPS) is 16.7. The first-order chi connectivity index (χ1) is 8.41. The molecule has 1 aliphatic rings. The van der Waals surface area contributed by atoms with Crippen LogP contribution in [0.3, 0.4) is 0 Å². The van der Waals surface area contributed by atoms with Crippen molar-refractivity contribution in [1.82, 2.24) is 0 Å². The highest BCUT2D eigenvalue weighted by Gasteiger charge is 2.31. The number of fused-ring (bicyclic) bond motifs is 1. The van der Waals surface area contributed by atoms with Gasteiger partial charge < -0.3 is 4.74 Å². The van der Waals surface area contributed by atoms with Gasteiger partial charge in [-0.25, -0.2) is 0 Å². The van der Waals surface area contributed by atoms with Crippen molar-refractivity contribution < 1.29 is 14.3 Å². The van der Waals surface area contributed by atoms with Crippen molar-refractivity contribution in [2.45, 2.75) is 46.1 Å². The van der Waals surface area contributed by atoms with Gasteiger partial charge in [-0.15, -0.1) is 0 Å². The lowest BCUT2D eigenvalue weighted by Gasteiger charge is -2.35. The van der Waals surface area contributed by atoms with Crippen LogP contribution < -0.4 is 4.74 Å². The van der Waals surface area contributed by atoms with Crippen LogP contribution in [0.4, 0.5) is 0 Å². The average Bonchev–Trinajstić information content (AvgIpc) is 2.28. The number of carbonyl (C=O) groups is 2. The van der Waals surface area contributed by atoms with Crippen molar-refractivity contribution >= 4 is 12.6 Å². The number of carbonyl (C=O) groups excluding carboxylic acids is 2. The predicted octanol–water partition coefficient (Wildman–Crippen LogP) is 3.03. The second kappa shape index (κ2) is 4.23. The third kappa shape index (κ3) is 1.84. The molecule has 0 N–H and O–H groups in total. The summed E-state index contributed by atoms with van der Waals surface area (Å²) in [5, 5.41) is 0. The molecule has 0 unspecified atom stereocenters. The molecule has 1 aliphatic heterocycles. The van der Waals surface area contributed by atoms with Crippen LogP contribution in [0.2, 0.25) is 0 Å². The molecule has 0 atom stereocenters. The van der Waals surface area contributed by atoms with Crippen LogP contribution in [0.1, 0.15) is 57.7 Å². The summed E-state index contributed by atoms with van der Waals surface area (Å²) in [5.41, 5.74) is 3.55. The summed E-state index contributed by atoms with van der Waals surface area (Å²) < 4.78 is 5.96. The first-order valence-electron chi connectivity index (χ1n) is 6.16. The topological polar surface area (TPSA) is 43.4 Å². The summed E-state index contributed by atoms with van der Waals surface area (Å²) in [6, 6.07) is 0. The third-order valence-corrected chi connectivity index (χ3v) is 3.77. The molecular weight excluding hydrogens is 228 g/mol. The maximum Gasteiger partial charge on any atom is 0.154 e. The lowest BCUT2D eigenvalue weighted by atomic mass is 9.86. The summed E-state index contributed by atoms with van der Waals surface area (Å²) in [7, 11) is 0. The summed E-state index contributed by atoms with van der Waals surface area (Å²) in [4.78, 5) is 22.5. The number of hydrogen-bond acceptors (Lipinski definition) is 3. The molecule has 0 saturated carbocycles. The van der Waals surface area contributed by atoms with E-state index in [4.69, 9.17) is 4.74 Å². The van der Waals surface area contributed by atoms with E-state index < -0.39 is 0 Å². The van der Waals surface area contributed by atoms with Crippen LogP contribution in [-0.4, -0.2) is 18.2 Å². The fourth-order valence-electron chi connectivity index (χ4n) is 2.58. The molecule has 2 rings (SSSR count). The van der Waals surface area contributed by atoms with E-state index in [0.717, 1.165) is 36.5 Å². The zero-order valence-electron chi connectivity index (χ0n) is 11.3. The molecule has 1 aromatic rings. The van der Waals surface area contributed by atoms with Crippen LogP contribution in [-0.2, 0) is 6.42 Å². The van der Waals surface area contributed by atoms with E-state index in [1.54, 1.807) is 6.92 Å². The average molecular weight is 246 g/mol. The second-order valence-electron chi connectivity index (χ2n) is 5.48. The largest absolute Gasteiger partial charge is 0.487 e. The monoisotopic (exact) mass is 246 g/mol. The molecule has 0 saturated heterocycles. The third-order valence-electron chi connectivity index (χ3n) is 3.77. The van der Waals surface area contributed by atoms with Gasteiger partial charge in [-0.1, -0.05) is 0 Å². The van der Waals surface area contributed by atoms with Crippen LogP contribution >= 0.6 is 0 Å². The summed E-state index contributed by atoms with van der Waals surface area (Å²) >= 11 is 0. The van der Waals surface area contributed by atoms with Crippen LogP contribution in [0.15, 0.2) is 0 Å². The van der Waals surface area contributed by atoms with Crippen molar-refractivity contribution in [3.05, 3.63) is 27.8 Å². The summed E-state index contributed by atoms with van der Waals surface area (Å²) in [6.07, 6.45) is 3.36. The van der Waals surface area contributed by atoms with Crippen molar-refractivity contribution in [2.75, 3.05) is 0 Å². The van der Waals surface area contributed by atoms with Crippen molar-refractivity contribution in [3.8, 4) is 5.75 Å². The van der Waals surface area contributed by atoms with Gasteiger partial charge >= 0.3 is 0 Å². The first kappa shape index (κ1) is 12.8. The lowest BCUT2D eigenvalue weighted by molar-refractivity contribution is 0.0821. The second-order valence-corrected chi connectivity index (χ2v) is 5.48. The molecule has 18 heavy (non-hydrogen) atoms. The number of aldehydes is 2. The fraction of sp³-hybridized carbons (Fsp3) is 0.467. The number of hydrogen-bond donors (Lipinski definition) is 0. The molecule has 0 radical (unpaired) electrons. The SMILES string of the molecule is Cc1c(C=O)c(C)c2c(c1C=O)OC(C)(C)CC2. The van der Waals surface area contributed by atoms with E-state index >= 15 is 0 Å². The van der Waals surface area contributed by atoms with Crippen LogP contribution in [0.25, 0.3) is 0 Å². The molecule has 0 amide bonds. The van der Waals surface area contributed by atoms with Gasteiger partial charge in [0.2, 0.25) is 0 Å². The van der Waals surface area contributed by atoms with Crippen molar-refractivity contribution in [1.29, 1.82) is 0 Å². The molecule has 0 fully saturated rings. The fourth-order valence-corrected chi connectivity index (χ4v) is 2.58. The van der Waals surface area contributed by atoms with Gasteiger partial charge in [0.15, 0.2) is 12.6 Å². The minimum atomic E-state index is -0.258. The molecule has 0 bridgehead atoms. The van der Waals surface area contributed by atoms with Gasteiger partial charge in [-0.3, -0.25) is 9.59 Å². The molecule has 0 aliphatic carbocycles. The predicted molar refractivity (Wildman–Crippen MR) is 69.7 cm³/mol. The lowest BCUT2D eigenvalue weighted by Crippen LogP contribution is -2.34. The highest BCUT2D eigenvalue weighted by Crippen LogP contribution is 2.40.